The Morgan fingerprint density at radius 2 is 2.11 bits per heavy atom. The molecule has 0 radical (unpaired) electrons. The Hall–Kier alpha value is -1.03. The molecule has 0 spiro atoms. The Labute approximate surface area is 117 Å². The van der Waals surface area contributed by atoms with Crippen molar-refractivity contribution in [1.82, 2.24) is 5.32 Å². The molecule has 0 bridgehead atoms. The maximum atomic E-state index is 12.1. The summed E-state index contributed by atoms with van der Waals surface area (Å²) in [5.74, 6) is 0.598. The summed E-state index contributed by atoms with van der Waals surface area (Å²) >= 11 is 3.38. The average Bonchev–Trinajstić information content (AvgIpc) is 2.36. The number of hydrogen-bond acceptors (Lipinski definition) is 2. The molecule has 0 fully saturated rings. The summed E-state index contributed by atoms with van der Waals surface area (Å²) in [4.78, 5) is 12.1. The molecule has 18 heavy (non-hydrogen) atoms. The first-order valence-corrected chi connectivity index (χ1v) is 6.80. The summed E-state index contributed by atoms with van der Waals surface area (Å²) in [7, 11) is 1.59. The fraction of sp³-hybridized carbons (Fsp3) is 0.500. The summed E-state index contributed by atoms with van der Waals surface area (Å²) in [5, 5.41) is 2.96. The van der Waals surface area contributed by atoms with Gasteiger partial charge in [-0.1, -0.05) is 20.8 Å². The summed E-state index contributed by atoms with van der Waals surface area (Å²) in [6.45, 7) is 7.04. The summed E-state index contributed by atoms with van der Waals surface area (Å²) in [5.41, 5.74) is 0.710. The van der Waals surface area contributed by atoms with Crippen molar-refractivity contribution in [3.05, 3.63) is 28.2 Å². The van der Waals surface area contributed by atoms with Gasteiger partial charge < -0.3 is 10.1 Å². The molecular weight excluding hydrogens is 294 g/mol. The van der Waals surface area contributed by atoms with E-state index in [9.17, 15) is 4.79 Å². The molecule has 3 nitrogen and oxygen atoms in total. The lowest BCUT2D eigenvalue weighted by Crippen LogP contribution is -2.33. The molecule has 0 aromatic heterocycles. The van der Waals surface area contributed by atoms with Gasteiger partial charge >= 0.3 is 0 Å². The second-order valence-electron chi connectivity index (χ2n) is 5.05. The third-order valence-electron chi connectivity index (χ3n) is 3.10. The van der Waals surface area contributed by atoms with E-state index in [4.69, 9.17) is 4.74 Å². The number of nitrogens with one attached hydrogen (secondary N) is 1. The summed E-state index contributed by atoms with van der Waals surface area (Å²) < 4.78 is 5.90. The third kappa shape index (κ3) is 4.02. The van der Waals surface area contributed by atoms with E-state index in [2.05, 4.69) is 42.0 Å². The number of rotatable bonds is 5. The standard InChI is InChI=1S/C14H20BrNO2/c1-5-14(2,3)9-16-13(17)11-8-10(18-4)6-7-12(11)15/h6-8H,5,9H2,1-4H3,(H,16,17). The molecule has 1 aromatic rings. The molecule has 0 aliphatic rings. The first kappa shape index (κ1) is 15.0. The molecule has 0 heterocycles. The van der Waals surface area contributed by atoms with Crippen molar-refractivity contribution in [3.63, 3.8) is 0 Å². The molecule has 0 atom stereocenters. The Balaban J connectivity index is 2.78. The minimum Gasteiger partial charge on any atom is -0.497 e. The smallest absolute Gasteiger partial charge is 0.252 e. The van der Waals surface area contributed by atoms with Gasteiger partial charge in [-0.3, -0.25) is 4.79 Å². The Kier molecular flexibility index (Phi) is 5.20. The van der Waals surface area contributed by atoms with Crippen LogP contribution >= 0.6 is 15.9 Å². The van der Waals surface area contributed by atoms with Gasteiger partial charge in [0.1, 0.15) is 5.75 Å². The Morgan fingerprint density at radius 1 is 1.44 bits per heavy atom. The number of benzene rings is 1. The maximum absolute atomic E-state index is 12.1. The van der Waals surface area contributed by atoms with Crippen LogP contribution in [0.4, 0.5) is 0 Å². The van der Waals surface area contributed by atoms with Gasteiger partial charge in [-0.05, 0) is 46.0 Å². The maximum Gasteiger partial charge on any atom is 0.252 e. The van der Waals surface area contributed by atoms with Crippen LogP contribution in [-0.4, -0.2) is 19.6 Å². The topological polar surface area (TPSA) is 38.3 Å². The van der Waals surface area contributed by atoms with Gasteiger partial charge in [0.2, 0.25) is 0 Å². The van der Waals surface area contributed by atoms with E-state index in [1.165, 1.54) is 0 Å². The fourth-order valence-electron chi connectivity index (χ4n) is 1.35. The number of carbonyl (C=O) groups is 1. The van der Waals surface area contributed by atoms with E-state index in [-0.39, 0.29) is 11.3 Å². The van der Waals surface area contributed by atoms with Gasteiger partial charge in [-0.15, -0.1) is 0 Å². The van der Waals surface area contributed by atoms with E-state index < -0.39 is 0 Å². The second-order valence-corrected chi connectivity index (χ2v) is 5.90. The lowest BCUT2D eigenvalue weighted by Gasteiger charge is -2.23. The van der Waals surface area contributed by atoms with Gasteiger partial charge in [0.05, 0.1) is 12.7 Å². The Morgan fingerprint density at radius 3 is 2.67 bits per heavy atom. The molecule has 100 valence electrons. The van der Waals surface area contributed by atoms with E-state index in [0.717, 1.165) is 10.9 Å². The van der Waals surface area contributed by atoms with Crippen molar-refractivity contribution in [2.75, 3.05) is 13.7 Å². The predicted octanol–water partition coefficient (Wildman–Crippen LogP) is 3.62. The molecule has 1 N–H and O–H groups in total. The van der Waals surface area contributed by atoms with Crippen molar-refractivity contribution in [2.45, 2.75) is 27.2 Å². The third-order valence-corrected chi connectivity index (χ3v) is 3.79. The number of halogens is 1. The van der Waals surface area contributed by atoms with Crippen molar-refractivity contribution in [2.24, 2.45) is 5.41 Å². The lowest BCUT2D eigenvalue weighted by atomic mass is 9.90. The van der Waals surface area contributed by atoms with Crippen LogP contribution in [0.2, 0.25) is 0 Å². The second kappa shape index (κ2) is 6.23. The van der Waals surface area contributed by atoms with Crippen molar-refractivity contribution in [3.8, 4) is 5.75 Å². The zero-order valence-electron chi connectivity index (χ0n) is 11.3. The van der Waals surface area contributed by atoms with E-state index in [1.54, 1.807) is 13.2 Å². The molecular formula is C14H20BrNO2. The molecule has 0 saturated heterocycles. The van der Waals surface area contributed by atoms with E-state index in [0.29, 0.717) is 17.9 Å². The van der Waals surface area contributed by atoms with Crippen LogP contribution in [-0.2, 0) is 0 Å². The van der Waals surface area contributed by atoms with Crippen LogP contribution in [0.25, 0.3) is 0 Å². The monoisotopic (exact) mass is 313 g/mol. The largest absolute Gasteiger partial charge is 0.497 e. The minimum atomic E-state index is -0.0812. The highest BCUT2D eigenvalue weighted by molar-refractivity contribution is 9.10. The van der Waals surface area contributed by atoms with Crippen LogP contribution in [0.1, 0.15) is 37.6 Å². The number of amides is 1. The Bertz CT molecular complexity index is 430. The zero-order valence-corrected chi connectivity index (χ0v) is 12.9. The number of hydrogen-bond donors (Lipinski definition) is 1. The highest BCUT2D eigenvalue weighted by atomic mass is 79.9. The SMILES string of the molecule is CCC(C)(C)CNC(=O)c1cc(OC)ccc1Br. The van der Waals surface area contributed by atoms with Crippen LogP contribution in [0, 0.1) is 5.41 Å². The van der Waals surface area contributed by atoms with Gasteiger partial charge in [0, 0.05) is 11.0 Å². The molecule has 0 aliphatic carbocycles. The normalized spacial score (nSPS) is 11.2. The molecule has 4 heteroatoms. The highest BCUT2D eigenvalue weighted by Gasteiger charge is 2.18. The quantitative estimate of drug-likeness (QED) is 0.901. The minimum absolute atomic E-state index is 0.0812. The van der Waals surface area contributed by atoms with Crippen molar-refractivity contribution >= 4 is 21.8 Å². The molecule has 0 saturated carbocycles. The van der Waals surface area contributed by atoms with Gasteiger partial charge in [-0.2, -0.15) is 0 Å². The molecule has 1 amide bonds. The van der Waals surface area contributed by atoms with Crippen molar-refractivity contribution < 1.29 is 9.53 Å². The van der Waals surface area contributed by atoms with Crippen LogP contribution in [0.5, 0.6) is 5.75 Å². The molecule has 1 aromatic carbocycles. The number of ether oxygens (including phenoxy) is 1. The highest BCUT2D eigenvalue weighted by Crippen LogP contribution is 2.23. The summed E-state index contributed by atoms with van der Waals surface area (Å²) in [6, 6.07) is 5.37. The van der Waals surface area contributed by atoms with E-state index >= 15 is 0 Å². The summed E-state index contributed by atoms with van der Waals surface area (Å²) in [6.07, 6.45) is 1.02. The van der Waals surface area contributed by atoms with Crippen LogP contribution in [0.3, 0.4) is 0 Å². The van der Waals surface area contributed by atoms with Crippen LogP contribution in [0.15, 0.2) is 22.7 Å². The van der Waals surface area contributed by atoms with Crippen LogP contribution < -0.4 is 10.1 Å². The molecule has 1 rings (SSSR count). The number of carbonyl (C=O) groups excluding carboxylic acids is 1. The number of methoxy groups -OCH3 is 1. The lowest BCUT2D eigenvalue weighted by molar-refractivity contribution is 0.0934. The van der Waals surface area contributed by atoms with E-state index in [1.807, 2.05) is 12.1 Å². The average molecular weight is 314 g/mol. The van der Waals surface area contributed by atoms with Gasteiger partial charge in [-0.25, -0.2) is 0 Å². The van der Waals surface area contributed by atoms with Crippen molar-refractivity contribution in [1.29, 1.82) is 0 Å². The fourth-order valence-corrected chi connectivity index (χ4v) is 1.77. The zero-order chi connectivity index (χ0) is 13.8. The predicted molar refractivity (Wildman–Crippen MR) is 77.1 cm³/mol. The van der Waals surface area contributed by atoms with Gasteiger partial charge in [0.15, 0.2) is 0 Å². The molecule has 0 aliphatic heterocycles. The first-order valence-electron chi connectivity index (χ1n) is 6.01. The molecule has 0 unspecified atom stereocenters. The van der Waals surface area contributed by atoms with Gasteiger partial charge in [0.25, 0.3) is 5.91 Å². The first-order chi connectivity index (χ1) is 8.39.